The maximum absolute atomic E-state index is 12.5. The number of allylic oxidation sites excluding steroid dienone is 2. The van der Waals surface area contributed by atoms with Crippen LogP contribution in [0.3, 0.4) is 0 Å². The molecule has 0 radical (unpaired) electrons. The molecule has 0 bridgehead atoms. The predicted molar refractivity (Wildman–Crippen MR) is 329 cm³/mol. The maximum atomic E-state index is 12.5. The molecule has 3 N–H and O–H groups in total. The van der Waals surface area contributed by atoms with Gasteiger partial charge in [-0.1, -0.05) is 341 Å². The summed E-state index contributed by atoms with van der Waals surface area (Å²) < 4.78 is 5.51. The van der Waals surface area contributed by atoms with E-state index in [2.05, 4.69) is 31.3 Å². The molecule has 0 aromatic rings. The zero-order valence-electron chi connectivity index (χ0n) is 51.1. The second kappa shape index (κ2) is 65.1. The van der Waals surface area contributed by atoms with Crippen molar-refractivity contribution >= 4 is 11.9 Å². The lowest BCUT2D eigenvalue weighted by atomic mass is 10.0. The van der Waals surface area contributed by atoms with Crippen LogP contribution in [0.25, 0.3) is 0 Å². The second-order valence-electron chi connectivity index (χ2n) is 23.9. The van der Waals surface area contributed by atoms with E-state index in [1.807, 2.05) is 0 Å². The minimum Gasteiger partial charge on any atom is -0.466 e. The average Bonchev–Trinajstić information content (AvgIpc) is 3.41. The van der Waals surface area contributed by atoms with Gasteiger partial charge in [-0.25, -0.2) is 0 Å². The van der Waals surface area contributed by atoms with Gasteiger partial charge in [-0.2, -0.15) is 0 Å². The Hall–Kier alpha value is -1.40. The van der Waals surface area contributed by atoms with E-state index in [1.54, 1.807) is 0 Å². The van der Waals surface area contributed by atoms with Crippen molar-refractivity contribution in [2.45, 2.75) is 405 Å². The number of carbonyl (C=O) groups is 2. The van der Waals surface area contributed by atoms with Crippen molar-refractivity contribution in [1.82, 2.24) is 5.32 Å². The number of aliphatic hydroxyl groups is 2. The fourth-order valence-electron chi connectivity index (χ4n) is 11.1. The third-order valence-electron chi connectivity index (χ3n) is 16.3. The average molecular weight is 1060 g/mol. The summed E-state index contributed by atoms with van der Waals surface area (Å²) in [6.45, 7) is 4.99. The third-order valence-corrected chi connectivity index (χ3v) is 16.3. The first-order chi connectivity index (χ1) is 37.0. The second-order valence-corrected chi connectivity index (χ2v) is 23.9. The van der Waals surface area contributed by atoms with Gasteiger partial charge >= 0.3 is 5.97 Å². The van der Waals surface area contributed by atoms with Gasteiger partial charge in [0.25, 0.3) is 0 Å². The van der Waals surface area contributed by atoms with Crippen molar-refractivity contribution < 1.29 is 24.5 Å². The molecule has 0 aromatic carbocycles. The molecule has 75 heavy (non-hydrogen) atoms. The van der Waals surface area contributed by atoms with Gasteiger partial charge in [0.1, 0.15) is 0 Å². The number of hydrogen-bond acceptors (Lipinski definition) is 5. The maximum Gasteiger partial charge on any atom is 0.305 e. The molecule has 446 valence electrons. The lowest BCUT2D eigenvalue weighted by molar-refractivity contribution is -0.143. The SMILES string of the molecule is CCCCCCCCCCCCCCCCCCCCC(=O)OCCCCCCCCCCCCCC/C=C\CCCCCCCCCCC(=O)NC(CO)C(O)CCCCCCCCCCCCCCCCCC. The van der Waals surface area contributed by atoms with Crippen LogP contribution in [0.15, 0.2) is 12.2 Å². The Labute approximate surface area is 469 Å². The van der Waals surface area contributed by atoms with Crippen LogP contribution >= 0.6 is 0 Å². The standard InChI is InChI=1S/C69H135NO5/c1-3-5-7-9-11-13-15-17-19-21-31-35-39-43-47-51-55-59-63-69(74)75-64-60-56-52-48-44-40-36-32-29-27-25-23-22-24-26-28-30-34-38-42-46-50-54-58-62-68(73)70-66(65-71)67(72)61-57-53-49-45-41-37-33-20-18-16-14-12-10-8-6-4-2/h24,26,66-67,71-72H,3-23,25,27-65H2,1-2H3,(H,70,73)/b26-24-. The topological polar surface area (TPSA) is 95.9 Å². The summed E-state index contributed by atoms with van der Waals surface area (Å²) in [6.07, 6.45) is 79.6. The molecule has 0 aliphatic rings. The number of hydrogen-bond donors (Lipinski definition) is 3. The molecule has 0 saturated carbocycles. The van der Waals surface area contributed by atoms with Gasteiger partial charge in [-0.15, -0.1) is 0 Å². The van der Waals surface area contributed by atoms with E-state index in [9.17, 15) is 19.8 Å². The van der Waals surface area contributed by atoms with E-state index >= 15 is 0 Å². The van der Waals surface area contributed by atoms with E-state index in [4.69, 9.17) is 4.74 Å². The fraction of sp³-hybridized carbons (Fsp3) is 0.942. The molecular weight excluding hydrogens is 923 g/mol. The largest absolute Gasteiger partial charge is 0.466 e. The summed E-state index contributed by atoms with van der Waals surface area (Å²) in [5, 5.41) is 23.3. The highest BCUT2D eigenvalue weighted by atomic mass is 16.5. The first-order valence-corrected chi connectivity index (χ1v) is 34.4. The zero-order valence-corrected chi connectivity index (χ0v) is 51.1. The molecule has 0 aliphatic heterocycles. The number of carbonyl (C=O) groups excluding carboxylic acids is 2. The van der Waals surface area contributed by atoms with Gasteiger partial charge in [-0.05, 0) is 51.4 Å². The summed E-state index contributed by atoms with van der Waals surface area (Å²) >= 11 is 0. The molecule has 1 amide bonds. The van der Waals surface area contributed by atoms with Crippen molar-refractivity contribution in [3.63, 3.8) is 0 Å². The van der Waals surface area contributed by atoms with E-state index in [1.165, 1.54) is 321 Å². The highest BCUT2D eigenvalue weighted by molar-refractivity contribution is 5.76. The number of amides is 1. The van der Waals surface area contributed by atoms with Crippen LogP contribution in [-0.2, 0) is 14.3 Å². The highest BCUT2D eigenvalue weighted by Gasteiger charge is 2.20. The van der Waals surface area contributed by atoms with E-state index in [0.717, 1.165) is 38.5 Å². The summed E-state index contributed by atoms with van der Waals surface area (Å²) in [5.74, 6) is -0.0182. The molecule has 0 saturated heterocycles. The molecule has 0 aromatic heterocycles. The normalized spacial score (nSPS) is 12.5. The summed E-state index contributed by atoms with van der Waals surface area (Å²) in [7, 11) is 0. The summed E-state index contributed by atoms with van der Waals surface area (Å²) in [5.41, 5.74) is 0. The first kappa shape index (κ1) is 73.6. The fourth-order valence-corrected chi connectivity index (χ4v) is 11.1. The van der Waals surface area contributed by atoms with Crippen LogP contribution in [-0.4, -0.2) is 47.4 Å². The van der Waals surface area contributed by atoms with Crippen LogP contribution in [0.5, 0.6) is 0 Å². The molecule has 0 aliphatic carbocycles. The quantitative estimate of drug-likeness (QED) is 0.0320. The Balaban J connectivity index is 3.37. The van der Waals surface area contributed by atoms with Crippen molar-refractivity contribution in [2.24, 2.45) is 0 Å². The molecule has 6 heteroatoms. The number of ether oxygens (including phenoxy) is 1. The predicted octanol–water partition coefficient (Wildman–Crippen LogP) is 22.0. The van der Waals surface area contributed by atoms with Crippen molar-refractivity contribution in [3.8, 4) is 0 Å². The molecule has 0 fully saturated rings. The van der Waals surface area contributed by atoms with Gasteiger partial charge in [0.15, 0.2) is 0 Å². The molecule has 6 nitrogen and oxygen atoms in total. The number of rotatable bonds is 65. The number of nitrogens with one attached hydrogen (secondary N) is 1. The Bertz CT molecular complexity index is 1130. The molecule has 0 spiro atoms. The van der Waals surface area contributed by atoms with Crippen molar-refractivity contribution in [1.29, 1.82) is 0 Å². The summed E-state index contributed by atoms with van der Waals surface area (Å²) in [4.78, 5) is 24.6. The Morgan fingerprint density at radius 3 is 0.947 bits per heavy atom. The first-order valence-electron chi connectivity index (χ1n) is 34.4. The van der Waals surface area contributed by atoms with Crippen LogP contribution in [0, 0.1) is 0 Å². The van der Waals surface area contributed by atoms with Gasteiger partial charge in [-0.3, -0.25) is 9.59 Å². The summed E-state index contributed by atoms with van der Waals surface area (Å²) in [6, 6.07) is -0.544. The monoisotopic (exact) mass is 1060 g/mol. The van der Waals surface area contributed by atoms with Gasteiger partial charge in [0.2, 0.25) is 5.91 Å². The minimum atomic E-state index is -0.666. The lowest BCUT2D eigenvalue weighted by Gasteiger charge is -2.22. The van der Waals surface area contributed by atoms with Crippen molar-refractivity contribution in [3.05, 3.63) is 12.2 Å². The smallest absolute Gasteiger partial charge is 0.305 e. The van der Waals surface area contributed by atoms with E-state index in [0.29, 0.717) is 25.9 Å². The number of aliphatic hydroxyl groups excluding tert-OH is 2. The van der Waals surface area contributed by atoms with Crippen LogP contribution < -0.4 is 5.32 Å². The van der Waals surface area contributed by atoms with Gasteiger partial charge in [0.05, 0.1) is 25.4 Å². The van der Waals surface area contributed by atoms with Crippen molar-refractivity contribution in [2.75, 3.05) is 13.2 Å². The molecular formula is C69H135NO5. The number of unbranched alkanes of at least 4 members (excludes halogenated alkanes) is 52. The molecule has 0 rings (SSSR count). The van der Waals surface area contributed by atoms with Crippen LogP contribution in [0.1, 0.15) is 393 Å². The molecule has 2 atom stereocenters. The minimum absolute atomic E-state index is 0.0180. The van der Waals surface area contributed by atoms with Crippen LogP contribution in [0.4, 0.5) is 0 Å². The van der Waals surface area contributed by atoms with E-state index in [-0.39, 0.29) is 18.5 Å². The zero-order chi connectivity index (χ0) is 54.3. The van der Waals surface area contributed by atoms with Gasteiger partial charge < -0.3 is 20.3 Å². The highest BCUT2D eigenvalue weighted by Crippen LogP contribution is 2.19. The molecule has 2 unspecified atom stereocenters. The Morgan fingerprint density at radius 2 is 0.627 bits per heavy atom. The molecule has 0 heterocycles. The number of esters is 1. The Morgan fingerprint density at radius 1 is 0.360 bits per heavy atom. The third kappa shape index (κ3) is 61.7. The Kier molecular flexibility index (Phi) is 63.9. The lowest BCUT2D eigenvalue weighted by Crippen LogP contribution is -2.45. The van der Waals surface area contributed by atoms with E-state index < -0.39 is 12.1 Å². The van der Waals surface area contributed by atoms with Crippen LogP contribution in [0.2, 0.25) is 0 Å². The van der Waals surface area contributed by atoms with Gasteiger partial charge in [0, 0.05) is 12.8 Å².